The third-order valence-electron chi connectivity index (χ3n) is 2.94. The summed E-state index contributed by atoms with van der Waals surface area (Å²) in [7, 11) is 0. The van der Waals surface area contributed by atoms with Crippen molar-refractivity contribution in [2.24, 2.45) is 0 Å². The Morgan fingerprint density at radius 1 is 1.43 bits per heavy atom. The Bertz CT molecular complexity index is 538. The molecule has 1 rings (SSSR count). The van der Waals surface area contributed by atoms with Gasteiger partial charge in [0, 0.05) is 25.1 Å². The molecule has 0 aromatic heterocycles. The Balaban J connectivity index is 2.69. The van der Waals surface area contributed by atoms with Gasteiger partial charge in [-0.2, -0.15) is 0 Å². The van der Waals surface area contributed by atoms with Gasteiger partial charge in [-0.15, -0.1) is 0 Å². The summed E-state index contributed by atoms with van der Waals surface area (Å²) in [5.74, 6) is -2.78. The fourth-order valence-electron chi connectivity index (χ4n) is 1.61. The lowest BCUT2D eigenvalue weighted by Gasteiger charge is -2.12. The molecule has 0 heterocycles. The molecule has 0 fully saturated rings. The maximum Gasteiger partial charge on any atom is 0.295 e. The van der Waals surface area contributed by atoms with Gasteiger partial charge in [-0.3, -0.25) is 14.9 Å². The first-order valence-electron chi connectivity index (χ1n) is 6.52. The van der Waals surface area contributed by atoms with Crippen molar-refractivity contribution in [3.8, 4) is 0 Å². The minimum absolute atomic E-state index is 0.00253. The zero-order valence-electron chi connectivity index (χ0n) is 11.8. The molecule has 1 aromatic carbocycles. The number of nitro groups is 1. The van der Waals surface area contributed by atoms with E-state index < -0.39 is 27.9 Å². The number of carbonyl (C=O) groups excluding carboxylic acids is 1. The number of amides is 1. The van der Waals surface area contributed by atoms with E-state index in [0.29, 0.717) is 6.07 Å². The smallest absolute Gasteiger partial charge is 0.295 e. The van der Waals surface area contributed by atoms with E-state index in [1.807, 2.05) is 13.8 Å². The van der Waals surface area contributed by atoms with Crippen LogP contribution in [0.1, 0.15) is 26.7 Å². The summed E-state index contributed by atoms with van der Waals surface area (Å²) in [5, 5.41) is 15.9. The molecule has 21 heavy (non-hydrogen) atoms. The van der Waals surface area contributed by atoms with E-state index in [-0.39, 0.29) is 24.9 Å². The summed E-state index contributed by atoms with van der Waals surface area (Å²) < 4.78 is 26.7. The topological polar surface area (TPSA) is 84.3 Å². The average Bonchev–Trinajstić information content (AvgIpc) is 2.42. The van der Waals surface area contributed by atoms with Crippen molar-refractivity contribution < 1.29 is 18.5 Å². The summed E-state index contributed by atoms with van der Waals surface area (Å²) in [5.41, 5.74) is -1.12. The molecule has 116 valence electrons. The second-order valence-corrected chi connectivity index (χ2v) is 4.57. The fourth-order valence-corrected chi connectivity index (χ4v) is 1.61. The summed E-state index contributed by atoms with van der Waals surface area (Å²) in [6, 6.07) is 1.58. The maximum atomic E-state index is 13.6. The number of anilines is 1. The molecule has 1 unspecified atom stereocenters. The monoisotopic (exact) mass is 301 g/mol. The van der Waals surface area contributed by atoms with Gasteiger partial charge in [0.05, 0.1) is 4.92 Å². The molecule has 0 aliphatic rings. The second-order valence-electron chi connectivity index (χ2n) is 4.57. The molecular formula is C13H17F2N3O3. The molecule has 0 aliphatic heterocycles. The van der Waals surface area contributed by atoms with Crippen LogP contribution in [-0.4, -0.2) is 23.4 Å². The van der Waals surface area contributed by atoms with Crippen molar-refractivity contribution >= 4 is 17.3 Å². The van der Waals surface area contributed by atoms with Crippen LogP contribution in [0.15, 0.2) is 12.1 Å². The van der Waals surface area contributed by atoms with Crippen LogP contribution in [0.5, 0.6) is 0 Å². The summed E-state index contributed by atoms with van der Waals surface area (Å²) in [4.78, 5) is 21.5. The molecule has 8 heteroatoms. The lowest BCUT2D eigenvalue weighted by Crippen LogP contribution is -2.33. The Hall–Kier alpha value is -2.25. The normalized spacial score (nSPS) is 11.8. The van der Waals surface area contributed by atoms with Gasteiger partial charge < -0.3 is 10.6 Å². The molecule has 1 atom stereocenters. The highest BCUT2D eigenvalue weighted by atomic mass is 19.2. The van der Waals surface area contributed by atoms with Gasteiger partial charge in [-0.25, -0.2) is 8.78 Å². The molecule has 0 saturated carbocycles. The second kappa shape index (κ2) is 7.51. The zero-order chi connectivity index (χ0) is 16.0. The highest BCUT2D eigenvalue weighted by molar-refractivity contribution is 5.77. The van der Waals surface area contributed by atoms with Crippen molar-refractivity contribution in [3.05, 3.63) is 33.9 Å². The molecule has 0 saturated heterocycles. The first-order chi connectivity index (χ1) is 9.86. The standard InChI is InChI=1S/C13H17F2N3O3/c1-3-8(2)17-11(19)6-7-16-13-10(18(20)21)5-4-9(14)12(13)15/h4-5,8,16H,3,6-7H2,1-2H3,(H,17,19). The lowest BCUT2D eigenvalue weighted by atomic mass is 10.2. The number of rotatable bonds is 7. The fraction of sp³-hybridized carbons (Fsp3) is 0.462. The number of nitro benzene ring substituents is 1. The molecular weight excluding hydrogens is 284 g/mol. The number of benzene rings is 1. The van der Waals surface area contributed by atoms with E-state index in [2.05, 4.69) is 10.6 Å². The number of hydrogen-bond donors (Lipinski definition) is 2. The van der Waals surface area contributed by atoms with Crippen molar-refractivity contribution in [2.75, 3.05) is 11.9 Å². The molecule has 2 N–H and O–H groups in total. The van der Waals surface area contributed by atoms with Gasteiger partial charge in [0.15, 0.2) is 17.3 Å². The van der Waals surface area contributed by atoms with Crippen LogP contribution < -0.4 is 10.6 Å². The third-order valence-corrected chi connectivity index (χ3v) is 2.94. The lowest BCUT2D eigenvalue weighted by molar-refractivity contribution is -0.384. The van der Waals surface area contributed by atoms with E-state index >= 15 is 0 Å². The van der Waals surface area contributed by atoms with Crippen molar-refractivity contribution in [3.63, 3.8) is 0 Å². The van der Waals surface area contributed by atoms with Crippen LogP contribution in [0.3, 0.4) is 0 Å². The Morgan fingerprint density at radius 3 is 2.67 bits per heavy atom. The van der Waals surface area contributed by atoms with Gasteiger partial charge in [0.1, 0.15) is 0 Å². The van der Waals surface area contributed by atoms with E-state index in [1.165, 1.54) is 0 Å². The number of halogens is 2. The number of nitrogens with one attached hydrogen (secondary N) is 2. The zero-order valence-corrected chi connectivity index (χ0v) is 11.8. The Morgan fingerprint density at radius 2 is 2.10 bits per heavy atom. The first-order valence-corrected chi connectivity index (χ1v) is 6.52. The minimum Gasteiger partial charge on any atom is -0.376 e. The Labute approximate surface area is 120 Å². The molecule has 6 nitrogen and oxygen atoms in total. The molecule has 0 spiro atoms. The van der Waals surface area contributed by atoms with Gasteiger partial charge in [-0.1, -0.05) is 6.92 Å². The predicted octanol–water partition coefficient (Wildman–Crippen LogP) is 2.59. The van der Waals surface area contributed by atoms with E-state index in [9.17, 15) is 23.7 Å². The number of nitrogens with zero attached hydrogens (tertiary/aromatic N) is 1. The van der Waals surface area contributed by atoms with E-state index in [0.717, 1.165) is 12.5 Å². The van der Waals surface area contributed by atoms with Crippen molar-refractivity contribution in [1.82, 2.24) is 5.32 Å². The maximum absolute atomic E-state index is 13.6. The average molecular weight is 301 g/mol. The third kappa shape index (κ3) is 4.66. The highest BCUT2D eigenvalue weighted by Gasteiger charge is 2.21. The molecule has 1 aromatic rings. The summed E-state index contributed by atoms with van der Waals surface area (Å²) in [6.07, 6.45) is 0.764. The van der Waals surface area contributed by atoms with E-state index in [4.69, 9.17) is 0 Å². The van der Waals surface area contributed by atoms with Crippen LogP contribution in [0.4, 0.5) is 20.2 Å². The van der Waals surface area contributed by atoms with Gasteiger partial charge in [0.2, 0.25) is 5.91 Å². The van der Waals surface area contributed by atoms with Gasteiger partial charge in [0.25, 0.3) is 5.69 Å². The van der Waals surface area contributed by atoms with Crippen LogP contribution in [0, 0.1) is 21.7 Å². The SMILES string of the molecule is CCC(C)NC(=O)CCNc1c([N+](=O)[O-])ccc(F)c1F. The van der Waals surface area contributed by atoms with Crippen LogP contribution in [0.25, 0.3) is 0 Å². The van der Waals surface area contributed by atoms with Crippen LogP contribution in [-0.2, 0) is 4.79 Å². The highest BCUT2D eigenvalue weighted by Crippen LogP contribution is 2.28. The van der Waals surface area contributed by atoms with E-state index in [1.54, 1.807) is 0 Å². The summed E-state index contributed by atoms with van der Waals surface area (Å²) >= 11 is 0. The molecule has 0 aliphatic carbocycles. The minimum atomic E-state index is -1.33. The van der Waals surface area contributed by atoms with Gasteiger partial charge in [-0.05, 0) is 19.4 Å². The predicted molar refractivity (Wildman–Crippen MR) is 74.0 cm³/mol. The largest absolute Gasteiger partial charge is 0.376 e. The molecule has 0 radical (unpaired) electrons. The number of hydrogen-bond acceptors (Lipinski definition) is 4. The van der Waals surface area contributed by atoms with Crippen LogP contribution >= 0.6 is 0 Å². The van der Waals surface area contributed by atoms with Gasteiger partial charge >= 0.3 is 0 Å². The first kappa shape index (κ1) is 16.8. The quantitative estimate of drug-likeness (QED) is 0.599. The molecule has 0 bridgehead atoms. The Kier molecular flexibility index (Phi) is 6.01. The van der Waals surface area contributed by atoms with Crippen LogP contribution in [0.2, 0.25) is 0 Å². The summed E-state index contributed by atoms with van der Waals surface area (Å²) in [6.45, 7) is 3.71. The van der Waals surface area contributed by atoms with Crippen molar-refractivity contribution in [2.45, 2.75) is 32.7 Å². The van der Waals surface area contributed by atoms with Crippen molar-refractivity contribution in [1.29, 1.82) is 0 Å². The molecule has 1 amide bonds. The number of carbonyl (C=O) groups is 1.